The fourth-order valence-corrected chi connectivity index (χ4v) is 5.49. The van der Waals surface area contributed by atoms with Crippen LogP contribution in [-0.4, -0.2) is 84.5 Å². The van der Waals surface area contributed by atoms with Crippen LogP contribution in [0.1, 0.15) is 50.6 Å². The first kappa shape index (κ1) is 27.6. The van der Waals surface area contributed by atoms with E-state index >= 15 is 0 Å². The summed E-state index contributed by atoms with van der Waals surface area (Å²) in [4.78, 5) is 20.3. The molecular formula is C25H30F2N6O5S. The molecule has 0 aliphatic heterocycles. The predicted octanol–water partition coefficient (Wildman–Crippen LogP) is 2.58. The number of nitrogens with one attached hydrogen (secondary N) is 1. The number of ether oxygens (including phenoxy) is 2. The van der Waals surface area contributed by atoms with Gasteiger partial charge in [-0.1, -0.05) is 30.0 Å². The van der Waals surface area contributed by atoms with Gasteiger partial charge < -0.3 is 25.0 Å². The van der Waals surface area contributed by atoms with Gasteiger partial charge in [-0.25, -0.2) is 23.4 Å². The number of hydrogen-bond acceptors (Lipinski definition) is 11. The van der Waals surface area contributed by atoms with Gasteiger partial charge in [0, 0.05) is 31.1 Å². The summed E-state index contributed by atoms with van der Waals surface area (Å²) in [5.74, 6) is -0.954. The molecule has 0 saturated heterocycles. The summed E-state index contributed by atoms with van der Waals surface area (Å²) >= 11 is 1.47. The predicted molar refractivity (Wildman–Crippen MR) is 137 cm³/mol. The highest BCUT2D eigenvalue weighted by molar-refractivity contribution is 7.99. The Bertz CT molecular complexity index is 1350. The first-order valence-corrected chi connectivity index (χ1v) is 13.8. The van der Waals surface area contributed by atoms with Gasteiger partial charge in [-0.15, -0.1) is 5.10 Å². The Morgan fingerprint density at radius 2 is 2.00 bits per heavy atom. The van der Waals surface area contributed by atoms with Gasteiger partial charge >= 0.3 is 5.97 Å². The number of hydrogen-bond donors (Lipinski definition) is 3. The molecule has 2 aliphatic rings. The quantitative estimate of drug-likeness (QED) is 0.137. The Hall–Kier alpha value is -2.94. The number of fused-ring (bicyclic) bond motifs is 1. The van der Waals surface area contributed by atoms with Gasteiger partial charge in [-0.05, 0) is 30.5 Å². The van der Waals surface area contributed by atoms with Crippen molar-refractivity contribution in [1.82, 2.24) is 25.0 Å². The van der Waals surface area contributed by atoms with E-state index in [1.54, 1.807) is 6.07 Å². The van der Waals surface area contributed by atoms with Gasteiger partial charge in [0.2, 0.25) is 0 Å². The fraction of sp³-hybridized carbons (Fsp3) is 0.560. The number of nitrogens with zero attached hydrogens (tertiary/aromatic N) is 5. The number of carbonyl (C=O) groups is 1. The zero-order valence-electron chi connectivity index (χ0n) is 21.5. The number of carbonyl (C=O) groups excluding carboxylic acids is 1. The van der Waals surface area contributed by atoms with Gasteiger partial charge in [0.05, 0.1) is 18.8 Å². The maximum atomic E-state index is 13.8. The summed E-state index contributed by atoms with van der Waals surface area (Å²) in [5.41, 5.74) is 1.49. The zero-order chi connectivity index (χ0) is 27.7. The summed E-state index contributed by atoms with van der Waals surface area (Å²) in [5, 5.41) is 33.8. The highest BCUT2D eigenvalue weighted by atomic mass is 32.2. The molecule has 14 heteroatoms. The van der Waals surface area contributed by atoms with E-state index < -0.39 is 42.0 Å². The lowest BCUT2D eigenvalue weighted by molar-refractivity contribution is -0.144. The molecule has 3 N–H and O–H groups in total. The molecule has 11 nitrogen and oxygen atoms in total. The molecule has 0 amide bonds. The maximum Gasteiger partial charge on any atom is 0.302 e. The van der Waals surface area contributed by atoms with Crippen LogP contribution in [0.3, 0.4) is 0 Å². The van der Waals surface area contributed by atoms with Crippen molar-refractivity contribution in [2.45, 2.75) is 74.6 Å². The van der Waals surface area contributed by atoms with Crippen molar-refractivity contribution in [3.05, 3.63) is 35.4 Å². The molecule has 2 saturated carbocycles. The molecule has 2 fully saturated rings. The molecule has 5 rings (SSSR count). The van der Waals surface area contributed by atoms with Crippen molar-refractivity contribution in [3.63, 3.8) is 0 Å². The molecule has 2 heterocycles. The van der Waals surface area contributed by atoms with Crippen LogP contribution in [0.4, 0.5) is 14.6 Å². The van der Waals surface area contributed by atoms with E-state index in [4.69, 9.17) is 9.47 Å². The Balaban J connectivity index is 1.37. The number of aliphatic hydroxyl groups excluding tert-OH is 2. The highest BCUT2D eigenvalue weighted by Crippen LogP contribution is 2.44. The van der Waals surface area contributed by atoms with Crippen LogP contribution in [-0.2, 0) is 14.3 Å². The van der Waals surface area contributed by atoms with E-state index in [0.717, 1.165) is 18.2 Å². The van der Waals surface area contributed by atoms with E-state index in [2.05, 4.69) is 25.6 Å². The zero-order valence-corrected chi connectivity index (χ0v) is 22.3. The van der Waals surface area contributed by atoms with E-state index in [1.807, 2.05) is 6.92 Å². The number of aliphatic hydroxyl groups is 2. The minimum Gasteiger partial charge on any atom is -0.463 e. The van der Waals surface area contributed by atoms with Crippen molar-refractivity contribution in [1.29, 1.82) is 0 Å². The van der Waals surface area contributed by atoms with Gasteiger partial charge in [0.15, 0.2) is 33.8 Å². The third-order valence-electron chi connectivity index (χ3n) is 6.86. The van der Waals surface area contributed by atoms with Crippen LogP contribution in [0, 0.1) is 11.6 Å². The van der Waals surface area contributed by atoms with Crippen LogP contribution < -0.4 is 5.32 Å². The summed E-state index contributed by atoms with van der Waals surface area (Å²) in [7, 11) is 0. The third-order valence-corrected chi connectivity index (χ3v) is 7.91. The van der Waals surface area contributed by atoms with Crippen molar-refractivity contribution in [3.8, 4) is 0 Å². The molecule has 210 valence electrons. The highest BCUT2D eigenvalue weighted by Gasteiger charge is 2.45. The monoisotopic (exact) mass is 564 g/mol. The number of halogens is 2. The number of rotatable bonds is 11. The molecule has 0 spiro atoms. The molecule has 3 aromatic rings. The van der Waals surface area contributed by atoms with Crippen molar-refractivity contribution >= 4 is 34.7 Å². The lowest BCUT2D eigenvalue weighted by atomic mass is 10.1. The van der Waals surface area contributed by atoms with Crippen LogP contribution in [0.15, 0.2) is 23.4 Å². The smallest absolute Gasteiger partial charge is 0.302 e. The molecule has 2 aromatic heterocycles. The minimum absolute atomic E-state index is 0.0106. The van der Waals surface area contributed by atoms with E-state index in [9.17, 15) is 23.8 Å². The van der Waals surface area contributed by atoms with Gasteiger partial charge in [-0.3, -0.25) is 4.79 Å². The Kier molecular flexibility index (Phi) is 8.26. The van der Waals surface area contributed by atoms with Crippen molar-refractivity contribution in [2.24, 2.45) is 0 Å². The van der Waals surface area contributed by atoms with E-state index in [-0.39, 0.29) is 31.6 Å². The lowest BCUT2D eigenvalue weighted by Gasteiger charge is -2.17. The Morgan fingerprint density at radius 1 is 1.18 bits per heavy atom. The third kappa shape index (κ3) is 5.98. The summed E-state index contributed by atoms with van der Waals surface area (Å²) < 4.78 is 39.1. The topological polar surface area (TPSA) is 145 Å². The summed E-state index contributed by atoms with van der Waals surface area (Å²) in [6.07, 6.45) is -1.20. The standard InChI is InChI=1S/C25H30F2N6O5S/c1-3-8-39-25-29-23(28-17-10-14(17)13-4-5-15(26)16(27)9-13)20-24(30-25)33(32-31-20)18-11-19(22(36)21(18)35)38-7-6-37-12(2)34/h4-5,9,14,17-19,21-22,35-36H,3,6-8,10-11H2,1-2H3,(H,28,29,30)/t14-,17+,18+,19-,21-,22+/m0/s1. The second-order valence-electron chi connectivity index (χ2n) is 9.71. The largest absolute Gasteiger partial charge is 0.463 e. The van der Waals surface area contributed by atoms with Gasteiger partial charge in [0.25, 0.3) is 0 Å². The van der Waals surface area contributed by atoms with Crippen molar-refractivity contribution in [2.75, 3.05) is 24.3 Å². The van der Waals surface area contributed by atoms with Gasteiger partial charge in [0.1, 0.15) is 18.8 Å². The average molecular weight is 565 g/mol. The van der Waals surface area contributed by atoms with Crippen LogP contribution in [0.2, 0.25) is 0 Å². The Morgan fingerprint density at radius 3 is 2.74 bits per heavy atom. The number of thioether (sulfide) groups is 1. The lowest BCUT2D eigenvalue weighted by Crippen LogP contribution is -2.33. The fourth-order valence-electron chi connectivity index (χ4n) is 4.79. The molecule has 39 heavy (non-hydrogen) atoms. The minimum atomic E-state index is -1.19. The number of esters is 1. The van der Waals surface area contributed by atoms with Crippen LogP contribution in [0.25, 0.3) is 11.2 Å². The normalized spacial score (nSPS) is 26.2. The van der Waals surface area contributed by atoms with Crippen LogP contribution in [0.5, 0.6) is 0 Å². The first-order valence-electron chi connectivity index (χ1n) is 12.8. The second kappa shape index (κ2) is 11.7. The number of benzene rings is 1. The first-order chi connectivity index (χ1) is 18.8. The molecular weight excluding hydrogens is 534 g/mol. The molecule has 0 bridgehead atoms. The van der Waals surface area contributed by atoms with Crippen LogP contribution >= 0.6 is 11.8 Å². The molecule has 6 atom stereocenters. The average Bonchev–Trinajstić information content (AvgIpc) is 3.45. The van der Waals surface area contributed by atoms with E-state index in [0.29, 0.717) is 34.1 Å². The maximum absolute atomic E-state index is 13.8. The Labute approximate surface area is 227 Å². The second-order valence-corrected chi connectivity index (χ2v) is 10.8. The summed E-state index contributed by atoms with van der Waals surface area (Å²) in [6.45, 7) is 3.46. The molecule has 2 aliphatic carbocycles. The number of aromatic nitrogens is 5. The SMILES string of the molecule is CCCSc1nc(N[C@@H]2C[C@H]2c2ccc(F)c(F)c2)c2nnn([C@@H]3C[C@H](OCCOC(C)=O)[C@@H](O)[C@H]3O)c2n1. The van der Waals surface area contributed by atoms with E-state index in [1.165, 1.54) is 29.4 Å². The summed E-state index contributed by atoms with van der Waals surface area (Å²) in [6, 6.07) is 3.20. The number of anilines is 1. The van der Waals surface area contributed by atoms with Crippen molar-refractivity contribution < 1.29 is 33.3 Å². The molecule has 0 radical (unpaired) electrons. The molecule has 0 unspecified atom stereocenters. The molecule has 1 aromatic carbocycles. The van der Waals surface area contributed by atoms with Gasteiger partial charge in [-0.2, -0.15) is 0 Å².